The highest BCUT2D eigenvalue weighted by atomic mass is 35.5. The first-order valence-electron chi connectivity index (χ1n) is 9.54. The number of benzene rings is 4. The molecule has 0 spiro atoms. The molecule has 0 atom stereocenters. The topological polar surface area (TPSA) is 18.5 Å². The average Bonchev–Trinajstić information content (AvgIpc) is 2.76. The summed E-state index contributed by atoms with van der Waals surface area (Å²) in [6.07, 6.45) is 1.96. The number of rotatable bonds is 0. The second kappa shape index (κ2) is 9.71. The van der Waals surface area contributed by atoms with Crippen molar-refractivity contribution in [3.05, 3.63) is 119 Å². The van der Waals surface area contributed by atoms with E-state index in [9.17, 15) is 0 Å². The Kier molecular flexibility index (Phi) is 7.04. The van der Waals surface area contributed by atoms with Gasteiger partial charge in [-0.25, -0.2) is 0 Å². The molecule has 0 bridgehead atoms. The number of hydrogen-bond donors (Lipinski definition) is 0. The van der Waals surface area contributed by atoms with Crippen LogP contribution in [0, 0.1) is 0 Å². The maximum Gasteiger partial charge on any atom is 0.130 e. The third kappa shape index (κ3) is 4.46. The number of fused-ring (bicyclic) bond motifs is 4. The summed E-state index contributed by atoms with van der Waals surface area (Å²) >= 11 is 0. The quantitative estimate of drug-likeness (QED) is 0.351. The van der Waals surface area contributed by atoms with Crippen molar-refractivity contribution in [3.8, 4) is 23.0 Å². The Hall–Kier alpha value is -2.94. The molecule has 2 aliphatic rings. The lowest BCUT2D eigenvalue weighted by Gasteiger charge is -2.19. The van der Waals surface area contributed by atoms with E-state index in [4.69, 9.17) is 9.47 Å². The van der Waals surface area contributed by atoms with Gasteiger partial charge in [-0.2, -0.15) is 0 Å². The molecule has 0 saturated carbocycles. The van der Waals surface area contributed by atoms with Gasteiger partial charge in [0.1, 0.15) is 23.0 Å². The summed E-state index contributed by atoms with van der Waals surface area (Å²) in [6.45, 7) is 0. The number of hydrogen-bond acceptors (Lipinski definition) is 2. The van der Waals surface area contributed by atoms with Crippen LogP contribution in [0.1, 0.15) is 22.3 Å². The van der Waals surface area contributed by atoms with Gasteiger partial charge in [0.2, 0.25) is 0 Å². The van der Waals surface area contributed by atoms with Crippen molar-refractivity contribution >= 4 is 0 Å². The Morgan fingerprint density at radius 2 is 0.600 bits per heavy atom. The van der Waals surface area contributed by atoms with E-state index in [0.29, 0.717) is 0 Å². The van der Waals surface area contributed by atoms with Crippen LogP contribution >= 0.6 is 0 Å². The third-order valence-electron chi connectivity index (χ3n) is 5.09. The van der Waals surface area contributed by atoms with E-state index < -0.39 is 0 Å². The molecule has 0 aliphatic carbocycles. The standard InChI is InChI=1S/2C13H10O.2ClH/c2*1-3-7-12-10(5-1)9-11-6-2-4-8-13(11)14-12;;/h2*1-8H,9H2;2*1H/p-2. The molecule has 4 aromatic rings. The zero-order valence-corrected chi connectivity index (χ0v) is 17.7. The smallest absolute Gasteiger partial charge is 0.130 e. The fraction of sp³-hybridized carbons (Fsp3) is 0.0769. The molecule has 2 aliphatic heterocycles. The molecular formula is C26H20Cl2O2-2. The normalized spacial score (nSPS) is 11.7. The highest BCUT2D eigenvalue weighted by Crippen LogP contribution is 2.36. The number of para-hydroxylation sites is 4. The van der Waals surface area contributed by atoms with Crippen molar-refractivity contribution in [2.45, 2.75) is 12.8 Å². The molecule has 30 heavy (non-hydrogen) atoms. The van der Waals surface area contributed by atoms with Gasteiger partial charge >= 0.3 is 0 Å². The zero-order valence-electron chi connectivity index (χ0n) is 16.2. The molecule has 0 aromatic heterocycles. The minimum atomic E-state index is 0. The Labute approximate surface area is 189 Å². The van der Waals surface area contributed by atoms with Crippen molar-refractivity contribution in [2.24, 2.45) is 0 Å². The van der Waals surface area contributed by atoms with Gasteiger partial charge in [-0.15, -0.1) is 0 Å². The minimum Gasteiger partial charge on any atom is -1.00 e. The fourth-order valence-corrected chi connectivity index (χ4v) is 3.65. The van der Waals surface area contributed by atoms with Crippen LogP contribution in [0.4, 0.5) is 0 Å². The summed E-state index contributed by atoms with van der Waals surface area (Å²) in [5.41, 5.74) is 5.08. The summed E-state index contributed by atoms with van der Waals surface area (Å²) in [5, 5.41) is 0. The van der Waals surface area contributed by atoms with E-state index in [1.165, 1.54) is 22.3 Å². The SMILES string of the molecule is [Cl-].[Cl-].c1ccc2c(c1)Cc1ccccc1O2.c1ccc2c(c1)Cc1ccccc1O2. The van der Waals surface area contributed by atoms with Crippen LogP contribution in [0.15, 0.2) is 97.1 Å². The van der Waals surface area contributed by atoms with Crippen LogP contribution in [0.3, 0.4) is 0 Å². The summed E-state index contributed by atoms with van der Waals surface area (Å²) in [7, 11) is 0. The predicted octanol–water partition coefficient (Wildman–Crippen LogP) is 0.774. The van der Waals surface area contributed by atoms with Crippen LogP contribution in [-0.4, -0.2) is 0 Å². The molecule has 2 heterocycles. The maximum atomic E-state index is 5.78. The molecule has 2 nitrogen and oxygen atoms in total. The summed E-state index contributed by atoms with van der Waals surface area (Å²) in [6, 6.07) is 32.8. The molecule has 0 radical (unpaired) electrons. The first-order valence-corrected chi connectivity index (χ1v) is 9.54. The van der Waals surface area contributed by atoms with Gasteiger partial charge in [-0.05, 0) is 46.5 Å². The van der Waals surface area contributed by atoms with Crippen LogP contribution in [0.5, 0.6) is 23.0 Å². The van der Waals surface area contributed by atoms with Gasteiger partial charge in [0.15, 0.2) is 0 Å². The molecular weight excluding hydrogens is 415 g/mol. The van der Waals surface area contributed by atoms with E-state index >= 15 is 0 Å². The predicted molar refractivity (Wildman–Crippen MR) is 112 cm³/mol. The maximum absolute atomic E-state index is 5.78. The van der Waals surface area contributed by atoms with E-state index in [-0.39, 0.29) is 24.8 Å². The molecule has 0 fully saturated rings. The van der Waals surface area contributed by atoms with Gasteiger partial charge < -0.3 is 34.3 Å². The fourth-order valence-electron chi connectivity index (χ4n) is 3.65. The average molecular weight is 435 g/mol. The Bertz CT molecular complexity index is 875. The van der Waals surface area contributed by atoms with Crippen LogP contribution < -0.4 is 34.3 Å². The second-order valence-corrected chi connectivity index (χ2v) is 6.99. The summed E-state index contributed by atoms with van der Waals surface area (Å²) in [5.74, 6) is 3.97. The zero-order chi connectivity index (χ0) is 18.8. The molecule has 0 N–H and O–H groups in total. The summed E-state index contributed by atoms with van der Waals surface area (Å²) < 4.78 is 11.6. The Morgan fingerprint density at radius 3 is 0.867 bits per heavy atom. The number of ether oxygens (including phenoxy) is 2. The Morgan fingerprint density at radius 1 is 0.367 bits per heavy atom. The van der Waals surface area contributed by atoms with Crippen molar-refractivity contribution in [3.63, 3.8) is 0 Å². The van der Waals surface area contributed by atoms with Gasteiger partial charge in [-0.3, -0.25) is 0 Å². The van der Waals surface area contributed by atoms with Crippen molar-refractivity contribution in [1.82, 2.24) is 0 Å². The minimum absolute atomic E-state index is 0. The molecule has 4 aromatic carbocycles. The van der Waals surface area contributed by atoms with Crippen molar-refractivity contribution in [2.75, 3.05) is 0 Å². The highest BCUT2D eigenvalue weighted by molar-refractivity contribution is 5.50. The summed E-state index contributed by atoms with van der Waals surface area (Å²) in [4.78, 5) is 0. The molecule has 0 amide bonds. The van der Waals surface area contributed by atoms with E-state index in [2.05, 4.69) is 48.5 Å². The molecule has 0 unspecified atom stereocenters. The molecule has 0 saturated heterocycles. The highest BCUT2D eigenvalue weighted by Gasteiger charge is 2.15. The van der Waals surface area contributed by atoms with Gasteiger partial charge in [0.25, 0.3) is 0 Å². The van der Waals surface area contributed by atoms with Gasteiger partial charge in [-0.1, -0.05) is 72.8 Å². The lowest BCUT2D eigenvalue weighted by atomic mass is 10.0. The van der Waals surface area contributed by atoms with Crippen molar-refractivity contribution < 1.29 is 34.3 Å². The number of halogens is 2. The van der Waals surface area contributed by atoms with Crippen LogP contribution in [0.25, 0.3) is 0 Å². The van der Waals surface area contributed by atoms with Crippen molar-refractivity contribution in [1.29, 1.82) is 0 Å². The van der Waals surface area contributed by atoms with Gasteiger partial charge in [0, 0.05) is 12.8 Å². The second-order valence-electron chi connectivity index (χ2n) is 6.99. The van der Waals surface area contributed by atoms with E-state index in [0.717, 1.165) is 35.8 Å². The first-order chi connectivity index (χ1) is 13.9. The molecule has 6 rings (SSSR count). The third-order valence-corrected chi connectivity index (χ3v) is 5.09. The van der Waals surface area contributed by atoms with Gasteiger partial charge in [0.05, 0.1) is 0 Å². The van der Waals surface area contributed by atoms with E-state index in [1.54, 1.807) is 0 Å². The Balaban J connectivity index is 0.000000160. The first kappa shape index (κ1) is 21.8. The van der Waals surface area contributed by atoms with E-state index in [1.807, 2.05) is 48.5 Å². The largest absolute Gasteiger partial charge is 1.00 e. The molecule has 152 valence electrons. The lowest BCUT2D eigenvalue weighted by molar-refractivity contribution is -0.001000. The lowest BCUT2D eigenvalue weighted by Crippen LogP contribution is -3.00. The van der Waals surface area contributed by atoms with Crippen LogP contribution in [0.2, 0.25) is 0 Å². The van der Waals surface area contributed by atoms with Crippen LogP contribution in [-0.2, 0) is 12.8 Å². The monoisotopic (exact) mass is 434 g/mol. The molecule has 4 heteroatoms.